The number of rotatable bonds is 17. The van der Waals surface area contributed by atoms with E-state index in [1.165, 1.54) is 77.0 Å². The molecule has 0 aromatic heterocycles. The van der Waals surface area contributed by atoms with Crippen molar-refractivity contribution in [2.45, 2.75) is 94.5 Å². The molecule has 0 heterocycles. The first-order valence-electron chi connectivity index (χ1n) is 19.7. The average Bonchev–Trinajstić information content (AvgIpc) is 3.05. The summed E-state index contributed by atoms with van der Waals surface area (Å²) in [7, 11) is 1.66. The lowest BCUT2D eigenvalue weighted by atomic mass is 9.53. The van der Waals surface area contributed by atoms with Crippen LogP contribution in [0.25, 0.3) is 0 Å². The van der Waals surface area contributed by atoms with Crippen LogP contribution < -0.4 is 36.6 Å². The number of carbonyl (C=O) groups excluding carboxylic acids is 1. The zero-order chi connectivity index (χ0) is 34.6. The lowest BCUT2D eigenvalue weighted by molar-refractivity contribution is -0.130. The number of carbonyl (C=O) groups is 1. The van der Waals surface area contributed by atoms with Crippen LogP contribution in [0.2, 0.25) is 0 Å². The molecule has 0 unspecified atom stereocenters. The van der Waals surface area contributed by atoms with Gasteiger partial charge in [0.15, 0.2) is 10.2 Å². The number of hydrogen-bond donors (Lipinski definition) is 6. The summed E-state index contributed by atoms with van der Waals surface area (Å²) in [5.74, 6) is 6.33. The van der Waals surface area contributed by atoms with E-state index in [2.05, 4.69) is 31.9 Å². The summed E-state index contributed by atoms with van der Waals surface area (Å²) in [6.07, 6.45) is 16.7. The van der Waals surface area contributed by atoms with Crippen LogP contribution in [0, 0.1) is 35.5 Å². The van der Waals surface area contributed by atoms with Crippen LogP contribution in [0.5, 0.6) is 5.75 Å². The molecule has 276 valence electrons. The normalized spacial score (nSPS) is 32.8. The van der Waals surface area contributed by atoms with E-state index in [9.17, 15) is 4.79 Å². The minimum absolute atomic E-state index is 0.136. The molecule has 8 aliphatic rings. The SMILES string of the molecule is COc1ccc(CC(=O)N(CCNCCNC(=S)NC23CC4CC(CC(C4)C2)C3)CCNCCNC(=S)NC23CC4CC(CC(C4)C2)C3)cc1. The van der Waals surface area contributed by atoms with Crippen molar-refractivity contribution >= 4 is 40.6 Å². The Morgan fingerprint density at radius 3 is 1.44 bits per heavy atom. The molecular weight excluding hydrogens is 663 g/mol. The van der Waals surface area contributed by atoms with E-state index < -0.39 is 0 Å². The highest BCUT2D eigenvalue weighted by Crippen LogP contribution is 2.56. The summed E-state index contributed by atoms with van der Waals surface area (Å²) in [5, 5.41) is 23.1. The molecule has 1 aromatic carbocycles. The predicted octanol–water partition coefficient (Wildman–Crippen LogP) is 4.11. The van der Waals surface area contributed by atoms with Gasteiger partial charge in [-0.2, -0.15) is 0 Å². The highest BCUT2D eigenvalue weighted by atomic mass is 32.1. The molecule has 9 rings (SSSR count). The maximum Gasteiger partial charge on any atom is 0.227 e. The molecule has 0 radical (unpaired) electrons. The van der Waals surface area contributed by atoms with Crippen molar-refractivity contribution in [2.75, 3.05) is 59.5 Å². The number of nitrogens with zero attached hydrogens (tertiary/aromatic N) is 1. The van der Waals surface area contributed by atoms with Gasteiger partial charge in [0.25, 0.3) is 0 Å². The van der Waals surface area contributed by atoms with E-state index in [0.717, 1.165) is 96.3 Å². The molecule has 1 aromatic rings. The van der Waals surface area contributed by atoms with Crippen molar-refractivity contribution in [3.63, 3.8) is 0 Å². The molecule has 50 heavy (non-hydrogen) atoms. The van der Waals surface area contributed by atoms with E-state index >= 15 is 0 Å². The molecule has 0 atom stereocenters. The summed E-state index contributed by atoms with van der Waals surface area (Å²) >= 11 is 11.5. The molecule has 11 heteroatoms. The molecular formula is C39H61N7O2S2. The van der Waals surface area contributed by atoms with Gasteiger partial charge in [-0.05, 0) is 155 Å². The largest absolute Gasteiger partial charge is 0.497 e. The number of nitrogens with one attached hydrogen (secondary N) is 6. The highest BCUT2D eigenvalue weighted by Gasteiger charge is 2.52. The van der Waals surface area contributed by atoms with Crippen LogP contribution in [0.4, 0.5) is 0 Å². The Balaban J connectivity index is 0.799. The van der Waals surface area contributed by atoms with Gasteiger partial charge in [0.2, 0.25) is 5.91 Å². The van der Waals surface area contributed by atoms with Crippen molar-refractivity contribution in [1.82, 2.24) is 36.8 Å². The Hall–Kier alpha value is -2.21. The summed E-state index contributed by atoms with van der Waals surface area (Å²) < 4.78 is 5.30. The minimum atomic E-state index is 0.136. The van der Waals surface area contributed by atoms with Gasteiger partial charge in [-0.15, -0.1) is 0 Å². The van der Waals surface area contributed by atoms with Crippen LogP contribution in [0.3, 0.4) is 0 Å². The second-order valence-corrected chi connectivity index (χ2v) is 17.9. The van der Waals surface area contributed by atoms with Crippen LogP contribution >= 0.6 is 24.4 Å². The van der Waals surface area contributed by atoms with Gasteiger partial charge in [-0.25, -0.2) is 0 Å². The number of hydrogen-bond acceptors (Lipinski definition) is 6. The predicted molar refractivity (Wildman–Crippen MR) is 208 cm³/mol. The second kappa shape index (κ2) is 16.2. The third kappa shape index (κ3) is 9.22. The molecule has 8 saturated carbocycles. The minimum Gasteiger partial charge on any atom is -0.497 e. The lowest BCUT2D eigenvalue weighted by Gasteiger charge is -2.57. The van der Waals surface area contributed by atoms with Crippen LogP contribution in [0.15, 0.2) is 24.3 Å². The molecule has 6 N–H and O–H groups in total. The van der Waals surface area contributed by atoms with Crippen LogP contribution in [-0.4, -0.2) is 91.6 Å². The van der Waals surface area contributed by atoms with Gasteiger partial charge in [0.05, 0.1) is 13.5 Å². The first-order valence-corrected chi connectivity index (χ1v) is 20.5. The van der Waals surface area contributed by atoms with Gasteiger partial charge in [0.1, 0.15) is 5.75 Å². The van der Waals surface area contributed by atoms with Gasteiger partial charge in [-0.3, -0.25) is 4.79 Å². The average molecular weight is 724 g/mol. The standard InChI is InChI=1S/C39H61N7O2S2/c1-48-34-4-2-27(3-5-34)20-35(47)46(12-10-40-6-8-42-36(49)44-38-21-28-14-29(22-38)16-30(15-28)23-38)13-11-41-7-9-43-37(50)45-39-24-31-17-32(25-39)19-33(18-31)26-39/h2-5,28-33,40-41H,6-26H2,1H3,(H2,42,44,49)(H2,43,45,50). The van der Waals surface area contributed by atoms with E-state index in [-0.39, 0.29) is 17.0 Å². The number of methoxy groups -OCH3 is 1. The lowest BCUT2D eigenvalue weighted by Crippen LogP contribution is -2.61. The molecule has 8 fully saturated rings. The third-order valence-corrected chi connectivity index (χ3v) is 13.5. The first-order chi connectivity index (χ1) is 24.3. The van der Waals surface area contributed by atoms with Gasteiger partial charge in [0, 0.05) is 63.4 Å². The van der Waals surface area contributed by atoms with E-state index in [1.807, 2.05) is 29.2 Å². The number of amides is 1. The van der Waals surface area contributed by atoms with Gasteiger partial charge >= 0.3 is 0 Å². The Bertz CT molecular complexity index is 1200. The zero-order valence-electron chi connectivity index (χ0n) is 30.2. The van der Waals surface area contributed by atoms with E-state index in [0.29, 0.717) is 19.5 Å². The Kier molecular flexibility index (Phi) is 11.7. The number of benzene rings is 1. The third-order valence-electron chi connectivity index (χ3n) is 13.0. The molecule has 8 bridgehead atoms. The molecule has 8 aliphatic carbocycles. The van der Waals surface area contributed by atoms with Crippen molar-refractivity contribution in [3.05, 3.63) is 29.8 Å². The quantitative estimate of drug-likeness (QED) is 0.104. The summed E-state index contributed by atoms with van der Waals surface area (Å²) in [6, 6.07) is 7.79. The first kappa shape index (κ1) is 36.2. The number of ether oxygens (including phenoxy) is 1. The Morgan fingerprint density at radius 2 is 1.06 bits per heavy atom. The highest BCUT2D eigenvalue weighted by molar-refractivity contribution is 7.80. The summed E-state index contributed by atoms with van der Waals surface area (Å²) in [4.78, 5) is 15.4. The van der Waals surface area contributed by atoms with E-state index in [1.54, 1.807) is 7.11 Å². The van der Waals surface area contributed by atoms with Crippen LogP contribution in [0.1, 0.15) is 82.6 Å². The zero-order valence-corrected chi connectivity index (χ0v) is 31.8. The van der Waals surface area contributed by atoms with Crippen molar-refractivity contribution in [1.29, 1.82) is 0 Å². The Morgan fingerprint density at radius 1 is 0.660 bits per heavy atom. The fourth-order valence-electron chi connectivity index (χ4n) is 11.7. The van der Waals surface area contributed by atoms with Crippen molar-refractivity contribution < 1.29 is 9.53 Å². The smallest absolute Gasteiger partial charge is 0.227 e. The molecule has 0 spiro atoms. The maximum atomic E-state index is 13.5. The van der Waals surface area contributed by atoms with Gasteiger partial charge < -0.3 is 41.5 Å². The number of thiocarbonyl (C=S) groups is 2. The van der Waals surface area contributed by atoms with Crippen molar-refractivity contribution in [3.8, 4) is 5.75 Å². The fraction of sp³-hybridized carbons (Fsp3) is 0.769. The maximum absolute atomic E-state index is 13.5. The molecule has 9 nitrogen and oxygen atoms in total. The summed E-state index contributed by atoms with van der Waals surface area (Å²) in [5.41, 5.74) is 1.46. The molecule has 0 saturated heterocycles. The topological polar surface area (TPSA) is 102 Å². The second-order valence-electron chi connectivity index (χ2n) is 17.1. The van der Waals surface area contributed by atoms with Crippen molar-refractivity contribution in [2.24, 2.45) is 35.5 Å². The molecule has 1 amide bonds. The van der Waals surface area contributed by atoms with Gasteiger partial charge in [-0.1, -0.05) is 12.1 Å². The Labute approximate surface area is 310 Å². The van der Waals surface area contributed by atoms with E-state index in [4.69, 9.17) is 29.2 Å². The van der Waals surface area contributed by atoms with Crippen LogP contribution in [-0.2, 0) is 11.2 Å². The monoisotopic (exact) mass is 723 g/mol. The summed E-state index contributed by atoms with van der Waals surface area (Å²) in [6.45, 7) is 5.91. The molecule has 0 aliphatic heterocycles. The fourth-order valence-corrected chi connectivity index (χ4v) is 12.3.